The molecule has 0 aliphatic carbocycles. The standard InChI is InChI=1S/C26H26O6/c27-20-25(28,21-10-1-5-16-29-21)14-9-15-26(22-11-2-6-17-30-22,23-12-3-7-18-31-23)24-13-4-8-19-32-24/h1-14,16-24,28H,15H2/b14-9+. The van der Waals surface area contributed by atoms with Crippen molar-refractivity contribution >= 4 is 6.29 Å². The summed E-state index contributed by atoms with van der Waals surface area (Å²) in [4.78, 5) is 11.8. The molecule has 1 N–H and O–H groups in total. The van der Waals surface area contributed by atoms with Gasteiger partial charge in [0.25, 0.3) is 0 Å². The van der Waals surface area contributed by atoms with Crippen molar-refractivity contribution in [1.29, 1.82) is 0 Å². The van der Waals surface area contributed by atoms with E-state index in [4.69, 9.17) is 18.9 Å². The maximum atomic E-state index is 11.8. The van der Waals surface area contributed by atoms with E-state index >= 15 is 0 Å². The minimum absolute atomic E-state index is 0.379. The normalized spacial score (nSPS) is 31.3. The third kappa shape index (κ3) is 4.27. The van der Waals surface area contributed by atoms with Gasteiger partial charge in [0.15, 0.2) is 18.0 Å². The first-order valence-corrected chi connectivity index (χ1v) is 10.5. The number of hydrogen-bond acceptors (Lipinski definition) is 6. The van der Waals surface area contributed by atoms with E-state index in [-0.39, 0.29) is 0 Å². The molecule has 0 fully saturated rings. The number of carbonyl (C=O) groups excluding carboxylic acids is 1. The van der Waals surface area contributed by atoms with Crippen LogP contribution < -0.4 is 0 Å². The van der Waals surface area contributed by atoms with E-state index in [2.05, 4.69) is 0 Å². The molecule has 5 unspecified atom stereocenters. The van der Waals surface area contributed by atoms with Crippen LogP contribution in [-0.4, -0.2) is 41.4 Å². The summed E-state index contributed by atoms with van der Waals surface area (Å²) in [5, 5.41) is 10.9. The van der Waals surface area contributed by atoms with Crippen LogP contribution in [0.25, 0.3) is 0 Å². The van der Waals surface area contributed by atoms with Crippen molar-refractivity contribution in [3.63, 3.8) is 0 Å². The highest BCUT2D eigenvalue weighted by Crippen LogP contribution is 2.45. The molecule has 0 bridgehead atoms. The third-order valence-corrected chi connectivity index (χ3v) is 5.89. The van der Waals surface area contributed by atoms with E-state index in [1.807, 2.05) is 54.7 Å². The molecule has 0 radical (unpaired) electrons. The van der Waals surface area contributed by atoms with Gasteiger partial charge in [-0.2, -0.15) is 0 Å². The Morgan fingerprint density at radius 1 is 0.656 bits per heavy atom. The van der Waals surface area contributed by atoms with Crippen LogP contribution in [0.15, 0.2) is 110 Å². The second-order valence-electron chi connectivity index (χ2n) is 7.80. The average Bonchev–Trinajstić information content (AvgIpc) is 2.89. The summed E-state index contributed by atoms with van der Waals surface area (Å²) in [5.74, 6) is 0. The summed E-state index contributed by atoms with van der Waals surface area (Å²) in [6.45, 7) is 0. The fourth-order valence-electron chi connectivity index (χ4n) is 4.21. The Morgan fingerprint density at radius 3 is 1.41 bits per heavy atom. The Kier molecular flexibility index (Phi) is 6.61. The molecule has 0 aromatic heterocycles. The molecule has 0 aromatic rings. The number of carbonyl (C=O) groups is 1. The van der Waals surface area contributed by atoms with Gasteiger partial charge in [-0.3, -0.25) is 4.79 Å². The van der Waals surface area contributed by atoms with Crippen molar-refractivity contribution in [3.8, 4) is 0 Å². The Hall–Kier alpha value is -3.51. The molecule has 6 nitrogen and oxygen atoms in total. The SMILES string of the molecule is O=CC(O)(/C=C/CC(C1C=CC=CO1)(C1C=CC=CO1)C1C=CC=CO1)C1C=CC=CO1. The Morgan fingerprint density at radius 2 is 1.06 bits per heavy atom. The summed E-state index contributed by atoms with van der Waals surface area (Å²) in [6.07, 6.45) is 30.6. The smallest absolute Gasteiger partial charge is 0.178 e. The monoisotopic (exact) mass is 434 g/mol. The van der Waals surface area contributed by atoms with Crippen LogP contribution in [-0.2, 0) is 23.7 Å². The second-order valence-corrected chi connectivity index (χ2v) is 7.80. The molecule has 5 atom stereocenters. The Balaban J connectivity index is 1.69. The summed E-state index contributed by atoms with van der Waals surface area (Å²) in [5.41, 5.74) is -2.56. The van der Waals surface area contributed by atoms with Gasteiger partial charge in [0, 0.05) is 0 Å². The number of rotatable bonds is 8. The van der Waals surface area contributed by atoms with Crippen molar-refractivity contribution in [1.82, 2.24) is 0 Å². The van der Waals surface area contributed by atoms with E-state index in [1.165, 1.54) is 12.3 Å². The molecule has 32 heavy (non-hydrogen) atoms. The van der Waals surface area contributed by atoms with Crippen molar-refractivity contribution in [2.24, 2.45) is 5.41 Å². The molecule has 0 aromatic carbocycles. The van der Waals surface area contributed by atoms with Crippen LogP contribution in [0, 0.1) is 5.41 Å². The summed E-state index contributed by atoms with van der Waals surface area (Å²) in [7, 11) is 0. The van der Waals surface area contributed by atoms with Gasteiger partial charge >= 0.3 is 0 Å². The van der Waals surface area contributed by atoms with E-state index in [0.29, 0.717) is 12.7 Å². The molecule has 0 amide bonds. The van der Waals surface area contributed by atoms with E-state index in [1.54, 1.807) is 43.1 Å². The first kappa shape index (κ1) is 21.7. The van der Waals surface area contributed by atoms with Crippen molar-refractivity contribution in [2.45, 2.75) is 36.4 Å². The molecule has 0 saturated carbocycles. The third-order valence-electron chi connectivity index (χ3n) is 5.89. The highest BCUT2D eigenvalue weighted by molar-refractivity contribution is 5.68. The van der Waals surface area contributed by atoms with Crippen LogP contribution >= 0.6 is 0 Å². The average molecular weight is 434 g/mol. The van der Waals surface area contributed by atoms with Gasteiger partial charge < -0.3 is 24.1 Å². The number of ether oxygens (including phenoxy) is 4. The first-order chi connectivity index (χ1) is 15.7. The maximum Gasteiger partial charge on any atom is 0.178 e. The van der Waals surface area contributed by atoms with Crippen molar-refractivity contribution in [3.05, 3.63) is 110 Å². The number of allylic oxidation sites excluding steroid dienone is 9. The lowest BCUT2D eigenvalue weighted by molar-refractivity contribution is -0.127. The van der Waals surface area contributed by atoms with Gasteiger partial charge in [0.05, 0.1) is 30.5 Å². The molecule has 4 heterocycles. The molecule has 4 rings (SSSR count). The maximum absolute atomic E-state index is 11.8. The molecular weight excluding hydrogens is 408 g/mol. The van der Waals surface area contributed by atoms with Crippen LogP contribution in [0.4, 0.5) is 0 Å². The van der Waals surface area contributed by atoms with Crippen LogP contribution in [0.2, 0.25) is 0 Å². The largest absolute Gasteiger partial charge is 0.493 e. The lowest BCUT2D eigenvalue weighted by Crippen LogP contribution is -2.54. The molecule has 6 heteroatoms. The predicted octanol–water partition coefficient (Wildman–Crippen LogP) is 3.72. The second kappa shape index (κ2) is 9.75. The van der Waals surface area contributed by atoms with Crippen LogP contribution in [0.3, 0.4) is 0 Å². The molecule has 4 aliphatic rings. The molecule has 166 valence electrons. The Bertz CT molecular complexity index is 873. The van der Waals surface area contributed by atoms with Crippen LogP contribution in [0.1, 0.15) is 6.42 Å². The number of aliphatic hydroxyl groups is 1. The zero-order valence-corrected chi connectivity index (χ0v) is 17.5. The van der Waals surface area contributed by atoms with Gasteiger partial charge in [-0.1, -0.05) is 30.4 Å². The summed E-state index contributed by atoms with van der Waals surface area (Å²) in [6, 6.07) is 0. The van der Waals surface area contributed by atoms with Gasteiger partial charge in [0.2, 0.25) is 0 Å². The lowest BCUT2D eigenvalue weighted by atomic mass is 9.68. The van der Waals surface area contributed by atoms with Gasteiger partial charge in [-0.05, 0) is 61.1 Å². The highest BCUT2D eigenvalue weighted by Gasteiger charge is 2.53. The number of aldehydes is 1. The van der Waals surface area contributed by atoms with Crippen molar-refractivity contribution in [2.75, 3.05) is 0 Å². The minimum Gasteiger partial charge on any atom is -0.493 e. The van der Waals surface area contributed by atoms with Gasteiger partial charge in [0.1, 0.15) is 18.3 Å². The number of hydrogen-bond donors (Lipinski definition) is 1. The van der Waals surface area contributed by atoms with E-state index in [9.17, 15) is 9.90 Å². The van der Waals surface area contributed by atoms with Crippen LogP contribution in [0.5, 0.6) is 0 Å². The van der Waals surface area contributed by atoms with Gasteiger partial charge in [-0.15, -0.1) is 0 Å². The lowest BCUT2D eigenvalue weighted by Gasteiger charge is -2.47. The molecular formula is C26H26O6. The van der Waals surface area contributed by atoms with Crippen molar-refractivity contribution < 1.29 is 28.8 Å². The summed E-state index contributed by atoms with van der Waals surface area (Å²) >= 11 is 0. The quantitative estimate of drug-likeness (QED) is 0.464. The predicted molar refractivity (Wildman–Crippen MR) is 120 cm³/mol. The molecule has 4 aliphatic heterocycles. The topological polar surface area (TPSA) is 74.2 Å². The highest BCUT2D eigenvalue weighted by atomic mass is 16.5. The van der Waals surface area contributed by atoms with E-state index < -0.39 is 35.4 Å². The molecule has 0 saturated heterocycles. The van der Waals surface area contributed by atoms with Gasteiger partial charge in [-0.25, -0.2) is 0 Å². The first-order valence-electron chi connectivity index (χ1n) is 10.5. The molecule has 0 spiro atoms. The fraction of sp³-hybridized carbons (Fsp3) is 0.269. The Labute approximate surface area is 187 Å². The zero-order chi connectivity index (χ0) is 22.3. The van der Waals surface area contributed by atoms with E-state index in [0.717, 1.165) is 0 Å². The summed E-state index contributed by atoms with van der Waals surface area (Å²) < 4.78 is 23.5. The zero-order valence-electron chi connectivity index (χ0n) is 17.5. The minimum atomic E-state index is -1.82. The fourth-order valence-corrected chi connectivity index (χ4v) is 4.21.